The van der Waals surface area contributed by atoms with Crippen molar-refractivity contribution in [2.75, 3.05) is 19.6 Å². The lowest BCUT2D eigenvalue weighted by Gasteiger charge is -2.44. The van der Waals surface area contributed by atoms with E-state index in [9.17, 15) is 4.79 Å². The van der Waals surface area contributed by atoms with Gasteiger partial charge in [-0.1, -0.05) is 6.92 Å². The van der Waals surface area contributed by atoms with E-state index in [1.165, 1.54) is 18.4 Å². The summed E-state index contributed by atoms with van der Waals surface area (Å²) >= 11 is 0. The van der Waals surface area contributed by atoms with Crippen LogP contribution in [0.15, 0.2) is 24.5 Å². The van der Waals surface area contributed by atoms with Crippen molar-refractivity contribution < 1.29 is 9.53 Å². The molecule has 1 N–H and O–H groups in total. The van der Waals surface area contributed by atoms with Crippen molar-refractivity contribution in [2.24, 2.45) is 11.8 Å². The Labute approximate surface area is 150 Å². The number of hydrogen-bond acceptors (Lipinski definition) is 4. The second-order valence-electron chi connectivity index (χ2n) is 8.14. The predicted molar refractivity (Wildman–Crippen MR) is 95.9 cm³/mol. The highest BCUT2D eigenvalue weighted by Gasteiger charge is 2.48. The Morgan fingerprint density at radius 1 is 1.32 bits per heavy atom. The Morgan fingerprint density at radius 2 is 2.12 bits per heavy atom. The van der Waals surface area contributed by atoms with Gasteiger partial charge in [0.25, 0.3) is 0 Å². The standard InChI is InChI=1S/C20H29N3O2/c1-15-13-23(14-17-5-9-21-10-6-17)11-8-20(15)7-4-18(25-20)19(24)22-12-16-2-3-16/h5-6,9-10,15-16,18H,2-4,7-8,11-14H2,1H3,(H,22,24). The molecule has 3 atom stereocenters. The van der Waals surface area contributed by atoms with E-state index in [0.717, 1.165) is 51.4 Å². The number of aromatic nitrogens is 1. The first-order valence-electron chi connectivity index (χ1n) is 9.71. The van der Waals surface area contributed by atoms with Crippen molar-refractivity contribution >= 4 is 5.91 Å². The van der Waals surface area contributed by atoms with Crippen LogP contribution >= 0.6 is 0 Å². The molecule has 0 radical (unpaired) electrons. The maximum absolute atomic E-state index is 12.4. The summed E-state index contributed by atoms with van der Waals surface area (Å²) in [6.07, 6.45) is 8.90. The predicted octanol–water partition coefficient (Wildman–Crippen LogP) is 2.37. The molecule has 5 heteroatoms. The molecule has 1 aliphatic carbocycles. The molecule has 1 spiro atoms. The van der Waals surface area contributed by atoms with E-state index in [0.29, 0.717) is 5.92 Å². The largest absolute Gasteiger partial charge is 0.362 e. The molecule has 4 rings (SSSR count). The second-order valence-corrected chi connectivity index (χ2v) is 8.14. The van der Waals surface area contributed by atoms with Crippen molar-refractivity contribution in [3.63, 3.8) is 0 Å². The second kappa shape index (κ2) is 7.04. The van der Waals surface area contributed by atoms with E-state index in [2.05, 4.69) is 34.3 Å². The number of nitrogens with zero attached hydrogens (tertiary/aromatic N) is 2. The molecule has 2 saturated heterocycles. The molecule has 1 amide bonds. The summed E-state index contributed by atoms with van der Waals surface area (Å²) < 4.78 is 6.37. The Hall–Kier alpha value is -1.46. The minimum Gasteiger partial charge on any atom is -0.362 e. The fourth-order valence-electron chi connectivity index (χ4n) is 4.32. The SMILES string of the molecule is CC1CN(Cc2ccncc2)CCC12CCC(C(=O)NCC1CC1)O2. The maximum atomic E-state index is 12.4. The van der Waals surface area contributed by atoms with Crippen LogP contribution in [0.5, 0.6) is 0 Å². The zero-order chi connectivity index (χ0) is 17.3. The van der Waals surface area contributed by atoms with Crippen LogP contribution in [0.3, 0.4) is 0 Å². The van der Waals surface area contributed by atoms with E-state index >= 15 is 0 Å². The topological polar surface area (TPSA) is 54.5 Å². The number of ether oxygens (including phenoxy) is 1. The number of amides is 1. The van der Waals surface area contributed by atoms with Gasteiger partial charge in [0.05, 0.1) is 5.60 Å². The smallest absolute Gasteiger partial charge is 0.249 e. The van der Waals surface area contributed by atoms with Crippen LogP contribution in [0.2, 0.25) is 0 Å². The number of rotatable bonds is 5. The Morgan fingerprint density at radius 3 is 2.84 bits per heavy atom. The van der Waals surface area contributed by atoms with Gasteiger partial charge in [-0.05, 0) is 61.6 Å². The van der Waals surface area contributed by atoms with Gasteiger partial charge in [-0.15, -0.1) is 0 Å². The molecule has 1 aromatic heterocycles. The van der Waals surface area contributed by atoms with Gasteiger partial charge in [0.15, 0.2) is 0 Å². The lowest BCUT2D eigenvalue weighted by molar-refractivity contribution is -0.147. The van der Waals surface area contributed by atoms with Gasteiger partial charge in [-0.25, -0.2) is 0 Å². The Bertz CT molecular complexity index is 604. The van der Waals surface area contributed by atoms with Gasteiger partial charge in [-0.2, -0.15) is 0 Å². The summed E-state index contributed by atoms with van der Waals surface area (Å²) in [6.45, 7) is 6.14. The lowest BCUT2D eigenvalue weighted by Crippen LogP contribution is -2.51. The average Bonchev–Trinajstić information content (AvgIpc) is 3.35. The highest BCUT2D eigenvalue weighted by atomic mass is 16.5. The van der Waals surface area contributed by atoms with Crippen molar-refractivity contribution in [3.05, 3.63) is 30.1 Å². The number of pyridine rings is 1. The number of carbonyl (C=O) groups excluding carboxylic acids is 1. The number of nitrogens with one attached hydrogen (secondary N) is 1. The first-order valence-corrected chi connectivity index (χ1v) is 9.71. The summed E-state index contributed by atoms with van der Waals surface area (Å²) in [4.78, 5) is 18.9. The van der Waals surface area contributed by atoms with Gasteiger partial charge in [0, 0.05) is 38.6 Å². The van der Waals surface area contributed by atoms with Crippen molar-refractivity contribution in [3.8, 4) is 0 Å². The number of piperidine rings is 1. The highest BCUT2D eigenvalue weighted by Crippen LogP contribution is 2.42. The molecule has 136 valence electrons. The third-order valence-corrected chi connectivity index (χ3v) is 6.20. The average molecular weight is 343 g/mol. The summed E-state index contributed by atoms with van der Waals surface area (Å²) in [5.74, 6) is 1.27. The lowest BCUT2D eigenvalue weighted by atomic mass is 9.80. The monoisotopic (exact) mass is 343 g/mol. The van der Waals surface area contributed by atoms with Gasteiger partial charge in [0.1, 0.15) is 6.10 Å². The molecule has 1 aromatic rings. The number of likely N-dealkylation sites (tertiary alicyclic amines) is 1. The molecule has 3 unspecified atom stereocenters. The quantitative estimate of drug-likeness (QED) is 0.892. The summed E-state index contributed by atoms with van der Waals surface area (Å²) in [5, 5.41) is 3.08. The third-order valence-electron chi connectivity index (χ3n) is 6.20. The highest BCUT2D eigenvalue weighted by molar-refractivity contribution is 5.81. The van der Waals surface area contributed by atoms with Gasteiger partial charge in [-0.3, -0.25) is 14.7 Å². The fraction of sp³-hybridized carbons (Fsp3) is 0.700. The molecular weight excluding hydrogens is 314 g/mol. The minimum atomic E-state index is -0.243. The molecule has 0 bridgehead atoms. The summed E-state index contributed by atoms with van der Waals surface area (Å²) in [5.41, 5.74) is 1.21. The van der Waals surface area contributed by atoms with E-state index in [-0.39, 0.29) is 17.6 Å². The molecule has 3 heterocycles. The normalized spacial score (nSPS) is 32.8. The molecule has 3 aliphatic rings. The van der Waals surface area contributed by atoms with Gasteiger partial charge >= 0.3 is 0 Å². The number of carbonyl (C=O) groups is 1. The van der Waals surface area contributed by atoms with Crippen LogP contribution in [-0.4, -0.2) is 47.1 Å². The number of hydrogen-bond donors (Lipinski definition) is 1. The molecule has 0 aromatic carbocycles. The molecule has 5 nitrogen and oxygen atoms in total. The van der Waals surface area contributed by atoms with E-state index in [1.54, 1.807) is 0 Å². The zero-order valence-corrected chi connectivity index (χ0v) is 15.1. The molecule has 25 heavy (non-hydrogen) atoms. The molecule has 3 fully saturated rings. The van der Waals surface area contributed by atoms with Crippen LogP contribution in [0, 0.1) is 11.8 Å². The van der Waals surface area contributed by atoms with Crippen molar-refractivity contribution in [1.29, 1.82) is 0 Å². The summed E-state index contributed by atoms with van der Waals surface area (Å²) in [6, 6.07) is 4.17. The van der Waals surface area contributed by atoms with Crippen LogP contribution in [0.25, 0.3) is 0 Å². The van der Waals surface area contributed by atoms with Crippen molar-refractivity contribution in [1.82, 2.24) is 15.2 Å². The van der Waals surface area contributed by atoms with Gasteiger partial charge < -0.3 is 10.1 Å². The Kier molecular flexibility index (Phi) is 4.78. The zero-order valence-electron chi connectivity index (χ0n) is 15.1. The van der Waals surface area contributed by atoms with Crippen LogP contribution in [0.4, 0.5) is 0 Å². The third kappa shape index (κ3) is 3.87. The van der Waals surface area contributed by atoms with Crippen molar-refractivity contribution in [2.45, 2.75) is 57.3 Å². The fourth-order valence-corrected chi connectivity index (χ4v) is 4.32. The maximum Gasteiger partial charge on any atom is 0.249 e. The molecular formula is C20H29N3O2. The first-order chi connectivity index (χ1) is 12.1. The van der Waals surface area contributed by atoms with Crippen LogP contribution in [0.1, 0.15) is 44.6 Å². The Balaban J connectivity index is 1.30. The van der Waals surface area contributed by atoms with Crippen LogP contribution < -0.4 is 5.32 Å². The first kappa shape index (κ1) is 17.0. The summed E-state index contributed by atoms with van der Waals surface area (Å²) in [7, 11) is 0. The van der Waals surface area contributed by atoms with E-state index in [1.807, 2.05) is 12.4 Å². The van der Waals surface area contributed by atoms with E-state index in [4.69, 9.17) is 4.74 Å². The molecule has 2 aliphatic heterocycles. The minimum absolute atomic E-state index is 0.101. The van der Waals surface area contributed by atoms with E-state index < -0.39 is 0 Å². The molecule has 1 saturated carbocycles. The van der Waals surface area contributed by atoms with Crippen LogP contribution in [-0.2, 0) is 16.1 Å². The van der Waals surface area contributed by atoms with Gasteiger partial charge in [0.2, 0.25) is 5.91 Å².